The van der Waals surface area contributed by atoms with Crippen molar-refractivity contribution in [3.63, 3.8) is 0 Å². The second kappa shape index (κ2) is 4.26. The van der Waals surface area contributed by atoms with Crippen molar-refractivity contribution in [2.24, 2.45) is 0 Å². The Labute approximate surface area is 94.5 Å². The minimum Gasteiger partial charge on any atom is -0.494 e. The standard InChI is InChI=1S/C12H15N3O/c1-3-16-10-6-4-9(5-7-10)11-8(2)14-12(13)15-11/h4-7H,3H2,1-2H3,(H3,13,14,15). The van der Waals surface area contributed by atoms with Crippen molar-refractivity contribution in [2.75, 3.05) is 12.3 Å². The number of nitrogens with two attached hydrogens (primary N) is 1. The number of aryl methyl sites for hydroxylation is 1. The SMILES string of the molecule is CCOc1ccc(-c2nc(N)[nH]c2C)cc1. The molecule has 0 saturated carbocycles. The number of rotatable bonds is 3. The number of nitrogens with zero attached hydrogens (tertiary/aromatic N) is 1. The van der Waals surface area contributed by atoms with Crippen LogP contribution in [0.3, 0.4) is 0 Å². The van der Waals surface area contributed by atoms with E-state index in [-0.39, 0.29) is 0 Å². The molecule has 0 aliphatic heterocycles. The molecule has 0 aliphatic carbocycles. The fourth-order valence-electron chi connectivity index (χ4n) is 1.64. The third-order valence-corrected chi connectivity index (χ3v) is 2.34. The lowest BCUT2D eigenvalue weighted by molar-refractivity contribution is 0.340. The van der Waals surface area contributed by atoms with Gasteiger partial charge in [-0.1, -0.05) is 0 Å². The lowest BCUT2D eigenvalue weighted by atomic mass is 10.1. The Bertz CT molecular complexity index is 474. The van der Waals surface area contributed by atoms with Crippen LogP contribution >= 0.6 is 0 Å². The van der Waals surface area contributed by atoms with Crippen LogP contribution in [0.5, 0.6) is 5.75 Å². The maximum Gasteiger partial charge on any atom is 0.198 e. The van der Waals surface area contributed by atoms with Crippen LogP contribution in [0.1, 0.15) is 12.6 Å². The molecule has 1 aromatic heterocycles. The second-order valence-electron chi connectivity index (χ2n) is 3.55. The molecular formula is C12H15N3O. The third-order valence-electron chi connectivity index (χ3n) is 2.34. The van der Waals surface area contributed by atoms with Crippen molar-refractivity contribution in [3.05, 3.63) is 30.0 Å². The summed E-state index contributed by atoms with van der Waals surface area (Å²) in [5.41, 5.74) is 8.50. The van der Waals surface area contributed by atoms with Gasteiger partial charge in [-0.15, -0.1) is 0 Å². The molecule has 4 nitrogen and oxygen atoms in total. The molecule has 2 aromatic rings. The predicted octanol–water partition coefficient (Wildman–Crippen LogP) is 2.37. The van der Waals surface area contributed by atoms with Gasteiger partial charge in [0.2, 0.25) is 0 Å². The highest BCUT2D eigenvalue weighted by atomic mass is 16.5. The number of ether oxygens (including phenoxy) is 1. The first-order valence-corrected chi connectivity index (χ1v) is 5.26. The van der Waals surface area contributed by atoms with Gasteiger partial charge in [0.25, 0.3) is 0 Å². The summed E-state index contributed by atoms with van der Waals surface area (Å²) in [6.45, 7) is 4.59. The molecule has 0 unspecified atom stereocenters. The van der Waals surface area contributed by atoms with Gasteiger partial charge in [-0.2, -0.15) is 0 Å². The van der Waals surface area contributed by atoms with Crippen molar-refractivity contribution in [1.29, 1.82) is 0 Å². The molecule has 0 radical (unpaired) electrons. The topological polar surface area (TPSA) is 63.9 Å². The maximum atomic E-state index is 5.60. The number of aromatic nitrogens is 2. The quantitative estimate of drug-likeness (QED) is 0.829. The summed E-state index contributed by atoms with van der Waals surface area (Å²) >= 11 is 0. The van der Waals surface area contributed by atoms with Gasteiger partial charge >= 0.3 is 0 Å². The number of hydrogen-bond donors (Lipinski definition) is 2. The van der Waals surface area contributed by atoms with E-state index in [0.717, 1.165) is 22.7 Å². The molecule has 0 atom stereocenters. The number of anilines is 1. The molecule has 1 heterocycles. The summed E-state index contributed by atoms with van der Waals surface area (Å²) < 4.78 is 5.38. The van der Waals surface area contributed by atoms with Crippen LogP contribution in [-0.4, -0.2) is 16.6 Å². The highest BCUT2D eigenvalue weighted by Crippen LogP contribution is 2.24. The number of nitrogens with one attached hydrogen (secondary N) is 1. The van der Waals surface area contributed by atoms with Gasteiger partial charge in [-0.3, -0.25) is 0 Å². The largest absolute Gasteiger partial charge is 0.494 e. The summed E-state index contributed by atoms with van der Waals surface area (Å²) in [7, 11) is 0. The fraction of sp³-hybridized carbons (Fsp3) is 0.250. The van der Waals surface area contributed by atoms with E-state index in [1.807, 2.05) is 38.1 Å². The molecule has 84 valence electrons. The smallest absolute Gasteiger partial charge is 0.198 e. The normalized spacial score (nSPS) is 10.4. The molecule has 0 fully saturated rings. The number of H-pyrrole nitrogens is 1. The van der Waals surface area contributed by atoms with Crippen LogP contribution in [0.25, 0.3) is 11.3 Å². The first-order valence-electron chi connectivity index (χ1n) is 5.26. The van der Waals surface area contributed by atoms with Crippen molar-refractivity contribution in [3.8, 4) is 17.0 Å². The van der Waals surface area contributed by atoms with Crippen LogP contribution in [-0.2, 0) is 0 Å². The van der Waals surface area contributed by atoms with Crippen LogP contribution in [0.2, 0.25) is 0 Å². The Kier molecular flexibility index (Phi) is 2.81. The summed E-state index contributed by atoms with van der Waals surface area (Å²) in [6.07, 6.45) is 0. The zero-order valence-corrected chi connectivity index (χ0v) is 9.45. The van der Waals surface area contributed by atoms with E-state index in [9.17, 15) is 0 Å². The third kappa shape index (κ3) is 2.00. The number of benzene rings is 1. The molecule has 0 bridgehead atoms. The summed E-state index contributed by atoms with van der Waals surface area (Å²) in [4.78, 5) is 7.22. The van der Waals surface area contributed by atoms with Gasteiger partial charge in [-0.05, 0) is 38.1 Å². The average Bonchev–Trinajstić information content (AvgIpc) is 2.59. The first kappa shape index (κ1) is 10.5. The summed E-state index contributed by atoms with van der Waals surface area (Å²) in [5.74, 6) is 1.31. The second-order valence-corrected chi connectivity index (χ2v) is 3.55. The van der Waals surface area contributed by atoms with E-state index < -0.39 is 0 Å². The lowest BCUT2D eigenvalue weighted by Crippen LogP contribution is -1.91. The molecular weight excluding hydrogens is 202 g/mol. The zero-order chi connectivity index (χ0) is 11.5. The number of nitrogen functional groups attached to an aromatic ring is 1. The molecule has 0 saturated heterocycles. The number of imidazole rings is 1. The van der Waals surface area contributed by atoms with E-state index in [2.05, 4.69) is 9.97 Å². The molecule has 3 N–H and O–H groups in total. The van der Waals surface area contributed by atoms with Gasteiger partial charge in [0.1, 0.15) is 5.75 Å². The Morgan fingerprint density at radius 3 is 2.50 bits per heavy atom. The van der Waals surface area contributed by atoms with Gasteiger partial charge in [-0.25, -0.2) is 4.98 Å². The Hall–Kier alpha value is -1.97. The Morgan fingerprint density at radius 2 is 2.00 bits per heavy atom. The molecule has 0 spiro atoms. The van der Waals surface area contributed by atoms with Crippen LogP contribution in [0, 0.1) is 6.92 Å². The monoisotopic (exact) mass is 217 g/mol. The molecule has 0 aliphatic rings. The van der Waals surface area contributed by atoms with Gasteiger partial charge in [0.05, 0.1) is 12.3 Å². The van der Waals surface area contributed by atoms with E-state index in [4.69, 9.17) is 10.5 Å². The van der Waals surface area contributed by atoms with Crippen molar-refractivity contribution < 1.29 is 4.74 Å². The van der Waals surface area contributed by atoms with Crippen molar-refractivity contribution in [1.82, 2.24) is 9.97 Å². The predicted molar refractivity (Wildman–Crippen MR) is 64.3 cm³/mol. The molecule has 1 aromatic carbocycles. The fourth-order valence-corrected chi connectivity index (χ4v) is 1.64. The van der Waals surface area contributed by atoms with Gasteiger partial charge < -0.3 is 15.5 Å². The van der Waals surface area contributed by atoms with E-state index in [1.54, 1.807) is 0 Å². The summed E-state index contributed by atoms with van der Waals surface area (Å²) in [6, 6.07) is 7.83. The highest BCUT2D eigenvalue weighted by molar-refractivity contribution is 5.64. The Morgan fingerprint density at radius 1 is 1.31 bits per heavy atom. The number of hydrogen-bond acceptors (Lipinski definition) is 3. The Balaban J connectivity index is 2.31. The van der Waals surface area contributed by atoms with Crippen LogP contribution in [0.15, 0.2) is 24.3 Å². The number of aromatic amines is 1. The van der Waals surface area contributed by atoms with E-state index in [1.165, 1.54) is 0 Å². The van der Waals surface area contributed by atoms with Crippen LogP contribution < -0.4 is 10.5 Å². The summed E-state index contributed by atoms with van der Waals surface area (Å²) in [5, 5.41) is 0. The average molecular weight is 217 g/mol. The van der Waals surface area contributed by atoms with Crippen molar-refractivity contribution >= 4 is 5.95 Å². The lowest BCUT2D eigenvalue weighted by Gasteiger charge is -2.03. The van der Waals surface area contributed by atoms with E-state index >= 15 is 0 Å². The zero-order valence-electron chi connectivity index (χ0n) is 9.45. The molecule has 0 amide bonds. The van der Waals surface area contributed by atoms with Crippen LogP contribution in [0.4, 0.5) is 5.95 Å². The minimum atomic E-state index is 0.446. The highest BCUT2D eigenvalue weighted by Gasteiger charge is 2.06. The van der Waals surface area contributed by atoms with Gasteiger partial charge in [0, 0.05) is 11.3 Å². The molecule has 16 heavy (non-hydrogen) atoms. The van der Waals surface area contributed by atoms with Gasteiger partial charge in [0.15, 0.2) is 5.95 Å². The molecule has 2 rings (SSSR count). The first-order chi connectivity index (χ1) is 7.70. The molecule has 4 heteroatoms. The maximum absolute atomic E-state index is 5.60. The van der Waals surface area contributed by atoms with E-state index in [0.29, 0.717) is 12.6 Å². The minimum absolute atomic E-state index is 0.446. The van der Waals surface area contributed by atoms with Crippen molar-refractivity contribution in [2.45, 2.75) is 13.8 Å².